The third-order valence-corrected chi connectivity index (χ3v) is 2.49. The van der Waals surface area contributed by atoms with E-state index in [0.717, 1.165) is 16.9 Å². The molecule has 2 rings (SSSR count). The predicted octanol–water partition coefficient (Wildman–Crippen LogP) is 2.53. The number of benzene rings is 2. The fraction of sp³-hybridized carbons (Fsp3) is 0.0769. The quantitative estimate of drug-likeness (QED) is 0.755. The van der Waals surface area contributed by atoms with Gasteiger partial charge in [0.2, 0.25) is 0 Å². The Morgan fingerprint density at radius 2 is 1.56 bits per heavy atom. The summed E-state index contributed by atoms with van der Waals surface area (Å²) in [6, 6.07) is 13.5. The van der Waals surface area contributed by atoms with E-state index in [9.17, 15) is 0 Å². The van der Waals surface area contributed by atoms with Crippen LogP contribution in [0, 0.1) is 0 Å². The van der Waals surface area contributed by atoms with E-state index in [1.807, 2.05) is 36.4 Å². The first-order valence-corrected chi connectivity index (χ1v) is 5.01. The Labute approximate surface area is 94.6 Å². The molecule has 0 aromatic heterocycles. The van der Waals surface area contributed by atoms with Gasteiger partial charge in [0.25, 0.3) is 0 Å². The van der Waals surface area contributed by atoms with Gasteiger partial charge in [0.1, 0.15) is 5.75 Å². The molecule has 0 radical (unpaired) electrons. The van der Waals surface area contributed by atoms with Crippen molar-refractivity contribution in [2.24, 2.45) is 0 Å². The van der Waals surface area contributed by atoms with Gasteiger partial charge >= 0.3 is 0 Å². The number of hydrogen-bond donors (Lipinski definition) is 2. The van der Waals surface area contributed by atoms with Crippen LogP contribution in [0.2, 0.25) is 0 Å². The lowest BCUT2D eigenvalue weighted by Gasteiger charge is -2.11. The molecular formula is C13H14N2O. The molecule has 0 bridgehead atoms. The zero-order chi connectivity index (χ0) is 11.5. The minimum atomic E-state index is 0.538. The fourth-order valence-corrected chi connectivity index (χ4v) is 1.62. The fourth-order valence-electron chi connectivity index (χ4n) is 1.62. The summed E-state index contributed by atoms with van der Waals surface area (Å²) in [5.41, 5.74) is 14.7. The minimum Gasteiger partial charge on any atom is -0.496 e. The molecule has 16 heavy (non-hydrogen) atoms. The van der Waals surface area contributed by atoms with Crippen LogP contribution in [0.3, 0.4) is 0 Å². The van der Waals surface area contributed by atoms with E-state index in [1.165, 1.54) is 0 Å². The molecule has 4 N–H and O–H groups in total. The summed E-state index contributed by atoms with van der Waals surface area (Å²) in [5, 5.41) is 0. The van der Waals surface area contributed by atoms with Gasteiger partial charge in [-0.05, 0) is 11.6 Å². The average Bonchev–Trinajstić information content (AvgIpc) is 2.33. The lowest BCUT2D eigenvalue weighted by atomic mass is 10.0. The van der Waals surface area contributed by atoms with Crippen LogP contribution in [-0.2, 0) is 0 Å². The largest absolute Gasteiger partial charge is 0.496 e. The monoisotopic (exact) mass is 214 g/mol. The zero-order valence-corrected chi connectivity index (χ0v) is 9.10. The lowest BCUT2D eigenvalue weighted by Crippen LogP contribution is -1.97. The molecule has 0 spiro atoms. The second-order valence-electron chi connectivity index (χ2n) is 3.55. The maximum Gasteiger partial charge on any atom is 0.128 e. The second-order valence-corrected chi connectivity index (χ2v) is 3.55. The van der Waals surface area contributed by atoms with E-state index in [4.69, 9.17) is 16.2 Å². The van der Waals surface area contributed by atoms with Crippen molar-refractivity contribution in [1.82, 2.24) is 0 Å². The van der Waals surface area contributed by atoms with Crippen LogP contribution >= 0.6 is 0 Å². The SMILES string of the molecule is COc1cc(N)c(N)cc1-c1ccccc1. The van der Waals surface area contributed by atoms with E-state index >= 15 is 0 Å². The summed E-state index contributed by atoms with van der Waals surface area (Å²) in [5.74, 6) is 0.734. The molecule has 0 aliphatic rings. The van der Waals surface area contributed by atoms with Crippen LogP contribution in [0.15, 0.2) is 42.5 Å². The topological polar surface area (TPSA) is 61.3 Å². The summed E-state index contributed by atoms with van der Waals surface area (Å²) in [6.45, 7) is 0. The maximum absolute atomic E-state index is 5.80. The van der Waals surface area contributed by atoms with Gasteiger partial charge in [-0.2, -0.15) is 0 Å². The van der Waals surface area contributed by atoms with Gasteiger partial charge in [-0.1, -0.05) is 30.3 Å². The highest BCUT2D eigenvalue weighted by molar-refractivity contribution is 5.80. The molecule has 2 aromatic rings. The molecule has 0 aliphatic carbocycles. The molecule has 0 fully saturated rings. The van der Waals surface area contributed by atoms with E-state index in [2.05, 4.69) is 0 Å². The standard InChI is InChI=1S/C13H14N2O/c1-16-13-8-12(15)11(14)7-10(13)9-5-3-2-4-6-9/h2-8H,14-15H2,1H3. The number of nitrogen functional groups attached to an aromatic ring is 2. The highest BCUT2D eigenvalue weighted by atomic mass is 16.5. The number of anilines is 2. The van der Waals surface area contributed by atoms with Gasteiger partial charge < -0.3 is 16.2 Å². The van der Waals surface area contributed by atoms with Gasteiger partial charge in [-0.15, -0.1) is 0 Å². The van der Waals surface area contributed by atoms with Crippen LogP contribution in [-0.4, -0.2) is 7.11 Å². The highest BCUT2D eigenvalue weighted by Crippen LogP contribution is 2.34. The Morgan fingerprint density at radius 3 is 2.19 bits per heavy atom. The van der Waals surface area contributed by atoms with Crippen molar-refractivity contribution < 1.29 is 4.74 Å². The van der Waals surface area contributed by atoms with Crippen LogP contribution < -0.4 is 16.2 Å². The van der Waals surface area contributed by atoms with E-state index in [0.29, 0.717) is 11.4 Å². The highest BCUT2D eigenvalue weighted by Gasteiger charge is 2.08. The lowest BCUT2D eigenvalue weighted by molar-refractivity contribution is 0.417. The Balaban J connectivity index is 2.60. The normalized spacial score (nSPS) is 10.1. The molecule has 2 aromatic carbocycles. The first-order chi connectivity index (χ1) is 7.72. The molecule has 3 heteroatoms. The van der Waals surface area contributed by atoms with Crippen molar-refractivity contribution in [2.45, 2.75) is 0 Å². The van der Waals surface area contributed by atoms with Crippen LogP contribution in [0.1, 0.15) is 0 Å². The zero-order valence-electron chi connectivity index (χ0n) is 9.10. The summed E-state index contributed by atoms with van der Waals surface area (Å²) >= 11 is 0. The molecule has 0 saturated heterocycles. The van der Waals surface area contributed by atoms with E-state index in [-0.39, 0.29) is 0 Å². The molecule has 0 unspecified atom stereocenters. The van der Waals surface area contributed by atoms with Gasteiger partial charge in [-0.25, -0.2) is 0 Å². The minimum absolute atomic E-state index is 0.538. The number of hydrogen-bond acceptors (Lipinski definition) is 3. The molecule has 0 aliphatic heterocycles. The first kappa shape index (κ1) is 10.4. The number of methoxy groups -OCH3 is 1. The molecule has 0 heterocycles. The number of nitrogens with two attached hydrogens (primary N) is 2. The van der Waals surface area contributed by atoms with Gasteiger partial charge in [-0.3, -0.25) is 0 Å². The third-order valence-electron chi connectivity index (χ3n) is 2.49. The van der Waals surface area contributed by atoms with Crippen molar-refractivity contribution >= 4 is 11.4 Å². The molecular weight excluding hydrogens is 200 g/mol. The van der Waals surface area contributed by atoms with E-state index < -0.39 is 0 Å². The summed E-state index contributed by atoms with van der Waals surface area (Å²) < 4.78 is 5.30. The van der Waals surface area contributed by atoms with Gasteiger partial charge in [0.15, 0.2) is 0 Å². The Morgan fingerprint density at radius 1 is 0.938 bits per heavy atom. The average molecular weight is 214 g/mol. The van der Waals surface area contributed by atoms with Crippen molar-refractivity contribution in [1.29, 1.82) is 0 Å². The number of ether oxygens (including phenoxy) is 1. The predicted molar refractivity (Wildman–Crippen MR) is 67.3 cm³/mol. The van der Waals surface area contributed by atoms with Crippen LogP contribution in [0.5, 0.6) is 5.75 Å². The second kappa shape index (κ2) is 4.14. The Kier molecular flexibility index (Phi) is 2.68. The van der Waals surface area contributed by atoms with Gasteiger partial charge in [0.05, 0.1) is 18.5 Å². The molecule has 0 saturated carbocycles. The molecule has 82 valence electrons. The summed E-state index contributed by atoms with van der Waals surface area (Å²) in [6.07, 6.45) is 0. The van der Waals surface area contributed by atoms with Crippen molar-refractivity contribution in [3.8, 4) is 16.9 Å². The van der Waals surface area contributed by atoms with Gasteiger partial charge in [0, 0.05) is 11.6 Å². The molecule has 3 nitrogen and oxygen atoms in total. The molecule has 0 amide bonds. The maximum atomic E-state index is 5.80. The number of rotatable bonds is 2. The Hall–Kier alpha value is -2.16. The first-order valence-electron chi connectivity index (χ1n) is 5.01. The smallest absolute Gasteiger partial charge is 0.128 e. The van der Waals surface area contributed by atoms with Crippen molar-refractivity contribution in [3.63, 3.8) is 0 Å². The van der Waals surface area contributed by atoms with Crippen LogP contribution in [0.25, 0.3) is 11.1 Å². The summed E-state index contributed by atoms with van der Waals surface area (Å²) in [7, 11) is 1.62. The van der Waals surface area contributed by atoms with Crippen molar-refractivity contribution in [2.75, 3.05) is 18.6 Å². The Bertz CT molecular complexity index is 495. The molecule has 0 atom stereocenters. The van der Waals surface area contributed by atoms with Crippen LogP contribution in [0.4, 0.5) is 11.4 Å². The van der Waals surface area contributed by atoms with Crippen molar-refractivity contribution in [3.05, 3.63) is 42.5 Å². The van der Waals surface area contributed by atoms with E-state index in [1.54, 1.807) is 13.2 Å². The summed E-state index contributed by atoms with van der Waals surface area (Å²) in [4.78, 5) is 0. The third kappa shape index (κ3) is 1.80.